The third-order valence-electron chi connectivity index (χ3n) is 0.498. The third-order valence-corrected chi connectivity index (χ3v) is 0.498. The number of carbonyl (C=O) groups is 1. The molecule has 0 radical (unpaired) electrons. The first-order valence-corrected chi connectivity index (χ1v) is 4.86. The fourth-order valence-electron chi connectivity index (χ4n) is 0. The molecule has 0 fully saturated rings. The summed E-state index contributed by atoms with van der Waals surface area (Å²) in [5.74, 6) is 0.255. The van der Waals surface area contributed by atoms with Gasteiger partial charge >= 0.3 is 29.6 Å². The van der Waals surface area contributed by atoms with Gasteiger partial charge in [-0.15, -0.1) is 0 Å². The average molecular weight is 210 g/mol. The molecule has 0 aromatic heterocycles. The van der Waals surface area contributed by atoms with Gasteiger partial charge in [-0.25, -0.2) is 0 Å². The van der Waals surface area contributed by atoms with Crippen LogP contribution in [0.5, 0.6) is 0 Å². The summed E-state index contributed by atoms with van der Waals surface area (Å²) in [6.45, 7) is 3.43. The number of rotatable bonds is 1. The van der Waals surface area contributed by atoms with Crippen LogP contribution < -0.4 is 29.6 Å². The molecule has 0 heterocycles. The van der Waals surface area contributed by atoms with E-state index in [1.807, 2.05) is 6.92 Å². The maximum atomic E-state index is 9.81. The molecule has 0 rings (SSSR count). The quantitative estimate of drug-likeness (QED) is 0.480. The fourth-order valence-corrected chi connectivity index (χ4v) is 0. The summed E-state index contributed by atoms with van der Waals surface area (Å²) >= 11 is 3.47. The number of carbonyl (C=O) groups excluding carboxylic acids is 1. The number of Topliss-reactive ketones (excluding diaryl/α,β-unsaturated/α-hetero) is 1. The summed E-state index contributed by atoms with van der Waals surface area (Å²) in [5.41, 5.74) is 0. The number of hydrogen-bond donors (Lipinski definition) is 2. The Labute approximate surface area is 94.9 Å². The number of hydrogen-bond acceptors (Lipinski definition) is 3. The zero-order valence-electron chi connectivity index (χ0n) is 7.73. The van der Waals surface area contributed by atoms with Gasteiger partial charge in [-0.3, -0.25) is 9.11 Å². The second-order valence-electron chi connectivity index (χ2n) is 1.50. The summed E-state index contributed by atoms with van der Waals surface area (Å²) in [5, 5.41) is 0. The first-order valence-electron chi connectivity index (χ1n) is 2.46. The first kappa shape index (κ1) is 17.9. The first-order chi connectivity index (χ1) is 4.27. The van der Waals surface area contributed by atoms with E-state index in [2.05, 4.69) is 11.2 Å². The van der Waals surface area contributed by atoms with Gasteiger partial charge in [-0.2, -0.15) is 4.21 Å². The van der Waals surface area contributed by atoms with Crippen molar-refractivity contribution in [3.63, 3.8) is 0 Å². The van der Waals surface area contributed by atoms with Gasteiger partial charge in [0.05, 0.1) is 0 Å². The summed E-state index contributed by atoms with van der Waals surface area (Å²) < 4.78 is 24.0. The van der Waals surface area contributed by atoms with E-state index in [1.165, 1.54) is 0 Å². The Morgan fingerprint density at radius 3 is 1.73 bits per heavy atom. The van der Waals surface area contributed by atoms with Crippen LogP contribution >= 0.6 is 0 Å². The van der Waals surface area contributed by atoms with Crippen LogP contribution in [-0.4, -0.2) is 19.1 Å². The van der Waals surface area contributed by atoms with Crippen LogP contribution in [0.25, 0.3) is 0 Å². The van der Waals surface area contributed by atoms with Crippen molar-refractivity contribution in [2.45, 2.75) is 20.3 Å². The van der Waals surface area contributed by atoms with E-state index in [0.29, 0.717) is 6.42 Å². The van der Waals surface area contributed by atoms with E-state index in [1.54, 1.807) is 6.92 Å². The molecule has 0 aromatic rings. The Balaban J connectivity index is -0.0000000457. The van der Waals surface area contributed by atoms with Gasteiger partial charge in [0.25, 0.3) is 9.05 Å². The monoisotopic (exact) mass is 210 g/mol. The minimum absolute atomic E-state index is 0. The van der Waals surface area contributed by atoms with Crippen molar-refractivity contribution >= 4 is 26.0 Å². The van der Waals surface area contributed by atoms with Crippen LogP contribution in [0, 0.1) is 0 Å². The maximum Gasteiger partial charge on any atom is 1.00 e. The third kappa shape index (κ3) is 100. The van der Waals surface area contributed by atoms with Crippen LogP contribution in [0.15, 0.2) is 0 Å². The summed E-state index contributed by atoms with van der Waals surface area (Å²) in [6.07, 6.45) is 0.667. The van der Waals surface area contributed by atoms with Crippen molar-refractivity contribution in [1.82, 2.24) is 0 Å². The van der Waals surface area contributed by atoms with Gasteiger partial charge in [0.2, 0.25) is 0 Å². The maximum absolute atomic E-state index is 9.81. The molecule has 2 N–H and O–H groups in total. The summed E-state index contributed by atoms with van der Waals surface area (Å²) in [6, 6.07) is 0. The normalized spacial score (nSPS) is 8.73. The van der Waals surface area contributed by atoms with E-state index < -0.39 is 9.05 Å². The minimum Gasteiger partial charge on any atom is -1.00 e. The molecule has 0 spiro atoms. The SMILES string of the molecule is CCC(C)=O.O=S(O)(O)=S.[H-].[Na+]. The van der Waals surface area contributed by atoms with Gasteiger partial charge in [0.1, 0.15) is 5.78 Å². The molecule has 0 saturated heterocycles. The predicted molar refractivity (Wildman–Crippen MR) is 42.8 cm³/mol. The topological polar surface area (TPSA) is 74.6 Å². The summed E-state index contributed by atoms with van der Waals surface area (Å²) in [4.78, 5) is 9.81. The summed E-state index contributed by atoms with van der Waals surface area (Å²) in [7, 11) is -3.83. The molecule has 0 amide bonds. The molecule has 0 aliphatic rings. The van der Waals surface area contributed by atoms with Crippen molar-refractivity contribution in [3.05, 3.63) is 0 Å². The van der Waals surface area contributed by atoms with E-state index in [9.17, 15) is 4.79 Å². The van der Waals surface area contributed by atoms with E-state index in [0.717, 1.165) is 0 Å². The Kier molecular flexibility index (Phi) is 14.7. The average Bonchev–Trinajstić information content (AvgIpc) is 1.61. The van der Waals surface area contributed by atoms with Crippen molar-refractivity contribution in [3.8, 4) is 0 Å². The molecule has 11 heavy (non-hydrogen) atoms. The van der Waals surface area contributed by atoms with E-state index in [-0.39, 0.29) is 36.8 Å². The van der Waals surface area contributed by atoms with Crippen LogP contribution in [-0.2, 0) is 25.0 Å². The van der Waals surface area contributed by atoms with Crippen LogP contribution in [0.4, 0.5) is 0 Å². The van der Waals surface area contributed by atoms with Crippen molar-refractivity contribution in [2.75, 3.05) is 0 Å². The van der Waals surface area contributed by atoms with Crippen LogP contribution in [0.2, 0.25) is 0 Å². The van der Waals surface area contributed by atoms with Crippen molar-refractivity contribution in [1.29, 1.82) is 0 Å². The van der Waals surface area contributed by atoms with E-state index in [4.69, 9.17) is 13.3 Å². The van der Waals surface area contributed by atoms with Gasteiger partial charge in [0.15, 0.2) is 0 Å². The Morgan fingerprint density at radius 2 is 1.73 bits per heavy atom. The fraction of sp³-hybridized carbons (Fsp3) is 0.750. The molecule has 0 aromatic carbocycles. The van der Waals surface area contributed by atoms with Gasteiger partial charge in [-0.05, 0) is 6.92 Å². The largest absolute Gasteiger partial charge is 1.00 e. The zero-order valence-corrected chi connectivity index (χ0v) is 10.4. The zero-order chi connectivity index (χ0) is 8.78. The van der Waals surface area contributed by atoms with Gasteiger partial charge < -0.3 is 6.22 Å². The molecule has 0 saturated carbocycles. The second kappa shape index (κ2) is 9.05. The standard InChI is InChI=1S/C4H8O.Na.H2O3S2.H/c1-3-4(2)5;;1-5(2,3)4;/h3H2,1-2H3;;(H2,1,2,3,4);/q;+1;;-1. The van der Waals surface area contributed by atoms with Crippen molar-refractivity contribution in [2.24, 2.45) is 0 Å². The molecular weight excluding hydrogens is 199 g/mol. The van der Waals surface area contributed by atoms with Gasteiger partial charge in [0, 0.05) is 17.6 Å². The molecule has 0 atom stereocenters. The van der Waals surface area contributed by atoms with E-state index >= 15 is 0 Å². The van der Waals surface area contributed by atoms with Crippen molar-refractivity contribution < 1.29 is 49.1 Å². The van der Waals surface area contributed by atoms with Crippen LogP contribution in [0.3, 0.4) is 0 Å². The molecule has 0 unspecified atom stereocenters. The second-order valence-corrected chi connectivity index (χ2v) is 3.70. The molecular formula is C4H11NaO4S2. The molecule has 64 valence electrons. The molecule has 0 aliphatic carbocycles. The smallest absolute Gasteiger partial charge is 1.00 e. The Morgan fingerprint density at radius 1 is 1.64 bits per heavy atom. The van der Waals surface area contributed by atoms with Crippen LogP contribution in [0.1, 0.15) is 21.7 Å². The minimum atomic E-state index is -3.83. The molecule has 0 aliphatic heterocycles. The Bertz CT molecular complexity index is 183. The molecule has 4 nitrogen and oxygen atoms in total. The molecule has 0 bridgehead atoms. The molecule has 7 heteroatoms. The predicted octanol–water partition coefficient (Wildman–Crippen LogP) is -2.22. The number of ketones is 1. The van der Waals surface area contributed by atoms with Gasteiger partial charge in [-0.1, -0.05) is 6.92 Å². The Hall–Kier alpha value is 0.960.